The van der Waals surface area contributed by atoms with Gasteiger partial charge < -0.3 is 0 Å². The second-order valence-electron chi connectivity index (χ2n) is 0.526. The highest BCUT2D eigenvalue weighted by Crippen LogP contribution is 2.17. The lowest BCUT2D eigenvalue weighted by Crippen LogP contribution is -1.64. The third kappa shape index (κ3) is 2.27. The van der Waals surface area contributed by atoms with Crippen molar-refractivity contribution in [2.75, 3.05) is 0 Å². The van der Waals surface area contributed by atoms with Gasteiger partial charge in [0.1, 0.15) is 0 Å². The molecule has 0 aromatic heterocycles. The van der Waals surface area contributed by atoms with Crippen LogP contribution in [0.1, 0.15) is 0 Å². The molecular formula is CHClO3P+. The fourth-order valence-corrected chi connectivity index (χ4v) is 0. The number of hydrogen-bond donors (Lipinski definition) is 1. The van der Waals surface area contributed by atoms with Crippen LogP contribution in [0.5, 0.6) is 0 Å². The van der Waals surface area contributed by atoms with Crippen LogP contribution in [0.4, 0.5) is 4.79 Å². The lowest BCUT2D eigenvalue weighted by atomic mass is 11.8. The summed E-state index contributed by atoms with van der Waals surface area (Å²) in [5.74, 6) is 0. The van der Waals surface area contributed by atoms with Gasteiger partial charge in [0, 0.05) is 11.6 Å². The molecule has 0 bridgehead atoms. The molecular weight excluding hydrogens is 126 g/mol. The van der Waals surface area contributed by atoms with E-state index < -0.39 is 13.0 Å². The van der Waals surface area contributed by atoms with Gasteiger partial charge in [-0.2, -0.15) is 4.89 Å². The summed E-state index contributed by atoms with van der Waals surface area (Å²) in [6, 6.07) is 0. The monoisotopic (exact) mass is 127 g/mol. The van der Waals surface area contributed by atoms with E-state index in [2.05, 4.69) is 11.6 Å². The van der Waals surface area contributed by atoms with Crippen molar-refractivity contribution in [1.29, 1.82) is 0 Å². The number of carbonyl (C=O) groups excluding carboxylic acids is 1. The molecule has 5 heteroatoms. The normalized spacial score (nSPS) is 10.7. The van der Waals surface area contributed by atoms with Crippen LogP contribution in [0, 0.1) is 0 Å². The maximum atomic E-state index is 9.38. The second kappa shape index (κ2) is 2.24. The molecule has 0 aromatic carbocycles. The Kier molecular flexibility index (Phi) is 2.25. The van der Waals surface area contributed by atoms with Gasteiger partial charge in [-0.1, -0.05) is 0 Å². The predicted octanol–water partition coefficient (Wildman–Crippen LogP) is 1.08. The summed E-state index contributed by atoms with van der Waals surface area (Å²) in [4.78, 5) is 15.8. The molecule has 0 aromatic rings. The Labute approximate surface area is 39.8 Å². The first-order valence-corrected chi connectivity index (χ1v) is 2.59. The zero-order valence-electron chi connectivity index (χ0n) is 2.59. The van der Waals surface area contributed by atoms with Gasteiger partial charge in [-0.3, -0.25) is 0 Å². The van der Waals surface area contributed by atoms with Crippen molar-refractivity contribution < 1.29 is 14.3 Å². The van der Waals surface area contributed by atoms with Crippen molar-refractivity contribution in [2.24, 2.45) is 0 Å². The molecule has 0 amide bonds. The molecule has 0 fully saturated rings. The molecule has 0 aliphatic heterocycles. The Morgan fingerprint density at radius 1 is 1.83 bits per heavy atom. The van der Waals surface area contributed by atoms with Gasteiger partial charge in [0.15, 0.2) is 0 Å². The molecule has 1 N–H and O–H groups in total. The molecule has 0 aliphatic carbocycles. The Bertz CT molecular complexity index is 76.8. The van der Waals surface area contributed by atoms with E-state index in [9.17, 15) is 9.36 Å². The molecule has 0 spiro atoms. The van der Waals surface area contributed by atoms with Crippen LogP contribution in [0.25, 0.3) is 0 Å². The van der Waals surface area contributed by atoms with Crippen LogP contribution in [-0.4, -0.2) is 9.88 Å². The molecule has 0 rings (SSSR count). The topological polar surface area (TPSA) is 54.4 Å². The van der Waals surface area contributed by atoms with Crippen LogP contribution in [0.2, 0.25) is 0 Å². The lowest BCUT2D eigenvalue weighted by molar-refractivity contribution is 0.272. The van der Waals surface area contributed by atoms with Gasteiger partial charge in [-0.25, -0.2) is 4.79 Å². The van der Waals surface area contributed by atoms with E-state index in [1.54, 1.807) is 0 Å². The molecule has 0 heterocycles. The van der Waals surface area contributed by atoms with Gasteiger partial charge in [-0.05, 0) is 4.57 Å². The Balaban J connectivity index is 3.57. The first kappa shape index (κ1) is 6.02. The van der Waals surface area contributed by atoms with Crippen molar-refractivity contribution in [1.82, 2.24) is 0 Å². The fraction of sp³-hybridized carbons (Fsp3) is 0. The number of halogens is 1. The van der Waals surface area contributed by atoms with Crippen LogP contribution in [0.15, 0.2) is 0 Å². The Hall–Kier alpha value is 0.0200. The average Bonchev–Trinajstić information content (AvgIpc) is 1.36. The van der Waals surface area contributed by atoms with E-state index in [0.717, 1.165) is 0 Å². The molecule has 0 radical (unpaired) electrons. The summed E-state index contributed by atoms with van der Waals surface area (Å²) in [6.45, 7) is 0. The first-order chi connectivity index (χ1) is 2.64. The Morgan fingerprint density at radius 2 is 2.00 bits per heavy atom. The number of rotatable bonds is 1. The molecule has 6 heavy (non-hydrogen) atoms. The average molecular weight is 127 g/mol. The molecule has 3 nitrogen and oxygen atoms in total. The van der Waals surface area contributed by atoms with Gasteiger partial charge >= 0.3 is 13.0 Å². The summed E-state index contributed by atoms with van der Waals surface area (Å²) in [6.07, 6.45) is 0. The quantitative estimate of drug-likeness (QED) is 0.424. The van der Waals surface area contributed by atoms with E-state index in [-0.39, 0.29) is 0 Å². The minimum Gasteiger partial charge on any atom is -0.216 e. The maximum Gasteiger partial charge on any atom is 0.603 e. The zero-order chi connectivity index (χ0) is 5.15. The van der Waals surface area contributed by atoms with E-state index in [1.807, 2.05) is 0 Å². The summed E-state index contributed by atoms with van der Waals surface area (Å²) < 4.78 is 9.37. The minimum atomic E-state index is -2.78. The molecule has 1 atom stereocenters. The summed E-state index contributed by atoms with van der Waals surface area (Å²) in [7, 11) is -2.78. The molecule has 0 aliphatic rings. The van der Waals surface area contributed by atoms with Crippen molar-refractivity contribution in [3.05, 3.63) is 0 Å². The molecule has 34 valence electrons. The fourth-order valence-electron chi connectivity index (χ4n) is 0. The maximum absolute atomic E-state index is 9.38. The predicted molar refractivity (Wildman–Crippen MR) is 21.1 cm³/mol. The second-order valence-corrected chi connectivity index (χ2v) is 2.08. The first-order valence-electron chi connectivity index (χ1n) is 0.999. The van der Waals surface area contributed by atoms with Gasteiger partial charge in [0.25, 0.3) is 0 Å². The van der Waals surface area contributed by atoms with Crippen molar-refractivity contribution in [3.8, 4) is 0 Å². The van der Waals surface area contributed by atoms with Gasteiger partial charge in [0.2, 0.25) is 0 Å². The third-order valence-corrected chi connectivity index (χ3v) is 0.885. The van der Waals surface area contributed by atoms with Gasteiger partial charge in [-0.15, -0.1) is 0 Å². The van der Waals surface area contributed by atoms with Crippen molar-refractivity contribution in [2.45, 2.75) is 0 Å². The van der Waals surface area contributed by atoms with E-state index in [1.165, 1.54) is 0 Å². The summed E-state index contributed by atoms with van der Waals surface area (Å²) in [5.41, 5.74) is 0. The van der Waals surface area contributed by atoms with Crippen LogP contribution < -0.4 is 0 Å². The summed E-state index contributed by atoms with van der Waals surface area (Å²) >= 11 is 4.44. The highest BCUT2D eigenvalue weighted by Gasteiger charge is 2.21. The van der Waals surface area contributed by atoms with Crippen LogP contribution >= 0.6 is 19.6 Å². The number of carbonyl (C=O) groups is 1. The minimum absolute atomic E-state index is 1.20. The standard InChI is InChI=1S/CClO3P/c2-1(3)6(4)5/p+1. The van der Waals surface area contributed by atoms with Crippen LogP contribution in [0.3, 0.4) is 0 Å². The highest BCUT2D eigenvalue weighted by atomic mass is 35.5. The molecule has 1 unspecified atom stereocenters. The molecule has 0 saturated carbocycles. The Morgan fingerprint density at radius 3 is 2.00 bits per heavy atom. The van der Waals surface area contributed by atoms with E-state index in [0.29, 0.717) is 0 Å². The van der Waals surface area contributed by atoms with E-state index >= 15 is 0 Å². The van der Waals surface area contributed by atoms with Crippen molar-refractivity contribution in [3.63, 3.8) is 0 Å². The van der Waals surface area contributed by atoms with Gasteiger partial charge in [0.05, 0.1) is 0 Å². The van der Waals surface area contributed by atoms with Crippen LogP contribution in [-0.2, 0) is 4.57 Å². The highest BCUT2D eigenvalue weighted by molar-refractivity contribution is 7.64. The van der Waals surface area contributed by atoms with E-state index in [4.69, 9.17) is 4.89 Å². The summed E-state index contributed by atoms with van der Waals surface area (Å²) in [5, 5.41) is 0. The SMILES string of the molecule is O=C(Cl)[P+](=O)O. The lowest BCUT2D eigenvalue weighted by Gasteiger charge is -1.51. The smallest absolute Gasteiger partial charge is 0.216 e. The third-order valence-electron chi connectivity index (χ3n) is 0.150. The largest absolute Gasteiger partial charge is 0.603 e. The molecule has 0 saturated heterocycles. The van der Waals surface area contributed by atoms with Crippen molar-refractivity contribution >= 4 is 24.6 Å². The number of hydrogen-bond acceptors (Lipinski definition) is 2. The zero-order valence-corrected chi connectivity index (χ0v) is 4.24.